The van der Waals surface area contributed by atoms with Gasteiger partial charge in [-0.3, -0.25) is 9.59 Å². The summed E-state index contributed by atoms with van der Waals surface area (Å²) in [7, 11) is 0. The lowest BCUT2D eigenvalue weighted by Gasteiger charge is -2.13. The summed E-state index contributed by atoms with van der Waals surface area (Å²) in [4.78, 5) is 26.7. The number of benzene rings is 1. The van der Waals surface area contributed by atoms with Crippen LogP contribution in [0.5, 0.6) is 5.75 Å². The average molecular weight is 422 g/mol. The van der Waals surface area contributed by atoms with Gasteiger partial charge in [-0.05, 0) is 55.9 Å². The number of rotatable bonds is 8. The Balaban J connectivity index is 1.83. The van der Waals surface area contributed by atoms with E-state index in [1.807, 2.05) is 0 Å². The van der Waals surface area contributed by atoms with E-state index in [4.69, 9.17) is 0 Å². The Labute approximate surface area is 172 Å². The number of carbonyl (C=O) groups is 2. The van der Waals surface area contributed by atoms with Crippen molar-refractivity contribution in [3.8, 4) is 5.75 Å². The topological polar surface area (TPSA) is 67.4 Å². The number of hydrogen-bond acceptors (Lipinski definition) is 4. The maximum Gasteiger partial charge on any atom is 0.387 e. The molecule has 0 fully saturated rings. The molecule has 1 heterocycles. The number of hydrogen-bond donors (Lipinski definition) is 2. The van der Waals surface area contributed by atoms with Crippen LogP contribution in [0.15, 0.2) is 24.3 Å². The molecule has 0 radical (unpaired) electrons. The van der Waals surface area contributed by atoms with Gasteiger partial charge in [-0.25, -0.2) is 0 Å². The Bertz CT molecular complexity index is 883. The second kappa shape index (κ2) is 9.82. The molecular weight excluding hydrogens is 398 g/mol. The van der Waals surface area contributed by atoms with Crippen LogP contribution in [0.25, 0.3) is 0 Å². The molecule has 2 N–H and O–H groups in total. The van der Waals surface area contributed by atoms with Gasteiger partial charge in [-0.15, -0.1) is 11.3 Å². The van der Waals surface area contributed by atoms with Crippen LogP contribution < -0.4 is 15.4 Å². The van der Waals surface area contributed by atoms with E-state index in [-0.39, 0.29) is 17.2 Å². The SMILES string of the molecule is CCCCNC(=O)c1c(NC(=O)c2cccc(OC(F)F)c2)sc2c1CCCC2. The largest absolute Gasteiger partial charge is 0.435 e. The maximum absolute atomic E-state index is 12.8. The Morgan fingerprint density at radius 3 is 2.76 bits per heavy atom. The van der Waals surface area contributed by atoms with Crippen LogP contribution in [0.4, 0.5) is 13.8 Å². The van der Waals surface area contributed by atoms with Crippen molar-refractivity contribution in [2.45, 2.75) is 52.1 Å². The molecule has 0 spiro atoms. The number of aryl methyl sites for hydroxylation is 1. The van der Waals surface area contributed by atoms with Crippen molar-refractivity contribution in [2.24, 2.45) is 0 Å². The average Bonchev–Trinajstić information content (AvgIpc) is 3.05. The highest BCUT2D eigenvalue weighted by atomic mass is 32.1. The molecule has 2 aromatic rings. The van der Waals surface area contributed by atoms with E-state index in [0.29, 0.717) is 17.1 Å². The molecule has 1 aliphatic carbocycles. The fourth-order valence-electron chi connectivity index (χ4n) is 3.35. The summed E-state index contributed by atoms with van der Waals surface area (Å²) in [6.07, 6.45) is 5.64. The van der Waals surface area contributed by atoms with Gasteiger partial charge in [0.2, 0.25) is 0 Å². The quantitative estimate of drug-likeness (QED) is 0.588. The number of unbranched alkanes of at least 4 members (excludes halogenated alkanes) is 1. The van der Waals surface area contributed by atoms with Crippen molar-refractivity contribution in [2.75, 3.05) is 11.9 Å². The molecule has 29 heavy (non-hydrogen) atoms. The lowest BCUT2D eigenvalue weighted by molar-refractivity contribution is -0.0498. The fraction of sp³-hybridized carbons (Fsp3) is 0.429. The molecule has 0 atom stereocenters. The number of carbonyl (C=O) groups excluding carboxylic acids is 2. The van der Waals surface area contributed by atoms with Crippen LogP contribution in [0.2, 0.25) is 0 Å². The van der Waals surface area contributed by atoms with Crippen molar-refractivity contribution in [1.82, 2.24) is 5.32 Å². The second-order valence-corrected chi connectivity index (χ2v) is 7.99. The lowest BCUT2D eigenvalue weighted by Crippen LogP contribution is -2.26. The van der Waals surface area contributed by atoms with Crippen molar-refractivity contribution in [3.05, 3.63) is 45.8 Å². The van der Waals surface area contributed by atoms with Crippen molar-refractivity contribution in [1.29, 1.82) is 0 Å². The van der Waals surface area contributed by atoms with Gasteiger partial charge in [-0.2, -0.15) is 8.78 Å². The maximum atomic E-state index is 12.8. The summed E-state index contributed by atoms with van der Waals surface area (Å²) in [5.41, 5.74) is 1.74. The van der Waals surface area contributed by atoms with Gasteiger partial charge < -0.3 is 15.4 Å². The third-order valence-corrected chi connectivity index (χ3v) is 5.97. The Morgan fingerprint density at radius 1 is 1.21 bits per heavy atom. The first-order valence-electron chi connectivity index (χ1n) is 9.78. The number of ether oxygens (including phenoxy) is 1. The minimum absolute atomic E-state index is 0.0874. The van der Waals surface area contributed by atoms with E-state index in [1.165, 1.54) is 35.6 Å². The third-order valence-electron chi connectivity index (χ3n) is 4.76. The predicted molar refractivity (Wildman–Crippen MR) is 109 cm³/mol. The molecule has 156 valence electrons. The summed E-state index contributed by atoms with van der Waals surface area (Å²) in [5, 5.41) is 6.26. The highest BCUT2D eigenvalue weighted by molar-refractivity contribution is 7.17. The molecule has 1 aliphatic rings. The van der Waals surface area contributed by atoms with Gasteiger partial charge >= 0.3 is 6.61 Å². The van der Waals surface area contributed by atoms with Crippen LogP contribution in [-0.2, 0) is 12.8 Å². The highest BCUT2D eigenvalue weighted by Gasteiger charge is 2.26. The molecule has 0 unspecified atom stereocenters. The lowest BCUT2D eigenvalue weighted by atomic mass is 9.95. The van der Waals surface area contributed by atoms with Crippen LogP contribution in [0.1, 0.15) is 63.8 Å². The molecule has 2 amide bonds. The molecule has 0 bridgehead atoms. The molecule has 8 heteroatoms. The van der Waals surface area contributed by atoms with E-state index in [2.05, 4.69) is 22.3 Å². The number of fused-ring (bicyclic) bond motifs is 1. The first kappa shape index (κ1) is 21.2. The molecule has 0 aliphatic heterocycles. The van der Waals surface area contributed by atoms with Gasteiger partial charge in [0.15, 0.2) is 0 Å². The summed E-state index contributed by atoms with van der Waals surface area (Å²) < 4.78 is 29.2. The number of anilines is 1. The highest BCUT2D eigenvalue weighted by Crippen LogP contribution is 2.38. The van der Waals surface area contributed by atoms with Crippen LogP contribution in [0, 0.1) is 0 Å². The Kier molecular flexibility index (Phi) is 7.19. The zero-order valence-corrected chi connectivity index (χ0v) is 17.0. The third kappa shape index (κ3) is 5.32. The van der Waals surface area contributed by atoms with Gasteiger partial charge in [0.1, 0.15) is 10.8 Å². The smallest absolute Gasteiger partial charge is 0.387 e. The molecule has 5 nitrogen and oxygen atoms in total. The molecule has 0 saturated carbocycles. The molecule has 0 saturated heterocycles. The normalized spacial score (nSPS) is 13.1. The van der Waals surface area contributed by atoms with Gasteiger partial charge in [0.25, 0.3) is 11.8 Å². The zero-order chi connectivity index (χ0) is 20.8. The molecule has 1 aromatic carbocycles. The van der Waals surface area contributed by atoms with Crippen LogP contribution >= 0.6 is 11.3 Å². The number of thiophene rings is 1. The number of amides is 2. The van der Waals surface area contributed by atoms with Crippen LogP contribution in [-0.4, -0.2) is 25.0 Å². The van der Waals surface area contributed by atoms with Crippen LogP contribution in [0.3, 0.4) is 0 Å². The van der Waals surface area contributed by atoms with Gasteiger partial charge in [0.05, 0.1) is 5.56 Å². The minimum atomic E-state index is -2.96. The summed E-state index contributed by atoms with van der Waals surface area (Å²) in [5.74, 6) is -0.732. The summed E-state index contributed by atoms with van der Waals surface area (Å²) in [6.45, 7) is -0.327. The van der Waals surface area contributed by atoms with Gasteiger partial charge in [-0.1, -0.05) is 19.4 Å². The van der Waals surface area contributed by atoms with E-state index in [0.717, 1.165) is 49.0 Å². The van der Waals surface area contributed by atoms with E-state index in [9.17, 15) is 18.4 Å². The van der Waals surface area contributed by atoms with Crippen molar-refractivity contribution >= 4 is 28.2 Å². The predicted octanol–water partition coefficient (Wildman–Crippen LogP) is 5.01. The minimum Gasteiger partial charge on any atom is -0.435 e. The standard InChI is InChI=1S/C21H24F2N2O3S/c1-2-3-11-24-19(27)17-15-9-4-5-10-16(15)29-20(17)25-18(26)13-7-6-8-14(12-13)28-21(22)23/h6-8,12,21H,2-5,9-11H2,1H3,(H,24,27)(H,25,26). The van der Waals surface area contributed by atoms with E-state index in [1.54, 1.807) is 0 Å². The first-order chi connectivity index (χ1) is 14.0. The fourth-order valence-corrected chi connectivity index (χ4v) is 4.63. The van der Waals surface area contributed by atoms with E-state index < -0.39 is 12.5 Å². The molecular formula is C21H24F2N2O3S. The molecule has 1 aromatic heterocycles. The Hall–Kier alpha value is -2.48. The zero-order valence-electron chi connectivity index (χ0n) is 16.2. The Morgan fingerprint density at radius 2 is 2.00 bits per heavy atom. The second-order valence-electron chi connectivity index (χ2n) is 6.88. The number of alkyl halides is 2. The number of halogens is 2. The monoisotopic (exact) mass is 422 g/mol. The number of nitrogens with one attached hydrogen (secondary N) is 2. The van der Waals surface area contributed by atoms with Gasteiger partial charge in [0, 0.05) is 17.0 Å². The summed E-state index contributed by atoms with van der Waals surface area (Å²) >= 11 is 1.42. The molecule has 3 rings (SSSR count). The first-order valence-corrected chi connectivity index (χ1v) is 10.6. The van der Waals surface area contributed by atoms with E-state index >= 15 is 0 Å². The van der Waals surface area contributed by atoms with Crippen molar-refractivity contribution < 1.29 is 23.1 Å². The van der Waals surface area contributed by atoms with Crippen molar-refractivity contribution in [3.63, 3.8) is 0 Å². The summed E-state index contributed by atoms with van der Waals surface area (Å²) in [6, 6.07) is 5.61.